The quantitative estimate of drug-likeness (QED) is 0.475. The van der Waals surface area contributed by atoms with E-state index in [-0.39, 0.29) is 28.1 Å². The van der Waals surface area contributed by atoms with Crippen molar-refractivity contribution in [2.24, 2.45) is 0 Å². The third-order valence-electron chi connectivity index (χ3n) is 5.24. The molecular formula is C24H25F3N2O2. The molecule has 7 heteroatoms. The number of aromatic hydroxyl groups is 1. The van der Waals surface area contributed by atoms with Crippen molar-refractivity contribution >= 4 is 11.6 Å². The molecule has 0 aliphatic carbocycles. The third kappa shape index (κ3) is 4.45. The summed E-state index contributed by atoms with van der Waals surface area (Å²) < 4.78 is 41.9. The molecule has 164 valence electrons. The third-order valence-corrected chi connectivity index (χ3v) is 5.24. The van der Waals surface area contributed by atoms with E-state index >= 15 is 0 Å². The lowest BCUT2D eigenvalue weighted by atomic mass is 9.87. The maximum atomic E-state index is 13.5. The number of amides is 1. The van der Waals surface area contributed by atoms with Crippen LogP contribution < -0.4 is 5.32 Å². The van der Waals surface area contributed by atoms with E-state index in [4.69, 9.17) is 0 Å². The van der Waals surface area contributed by atoms with Gasteiger partial charge in [0.15, 0.2) is 0 Å². The molecule has 4 nitrogen and oxygen atoms in total. The summed E-state index contributed by atoms with van der Waals surface area (Å²) in [6.07, 6.45) is -4.53. The van der Waals surface area contributed by atoms with Gasteiger partial charge in [0.2, 0.25) is 0 Å². The minimum atomic E-state index is -4.53. The predicted molar refractivity (Wildman–Crippen MR) is 115 cm³/mol. The monoisotopic (exact) mass is 430 g/mol. The van der Waals surface area contributed by atoms with Gasteiger partial charge in [-0.1, -0.05) is 39.0 Å². The lowest BCUT2D eigenvalue weighted by Crippen LogP contribution is -2.16. The molecule has 0 radical (unpaired) electrons. The average Bonchev–Trinajstić information content (AvgIpc) is 2.96. The Balaban J connectivity index is 2.02. The number of nitrogens with zero attached hydrogens (tertiary/aromatic N) is 1. The van der Waals surface area contributed by atoms with Crippen LogP contribution in [-0.2, 0) is 11.6 Å². The van der Waals surface area contributed by atoms with Gasteiger partial charge < -0.3 is 15.0 Å². The fourth-order valence-electron chi connectivity index (χ4n) is 3.56. The van der Waals surface area contributed by atoms with Gasteiger partial charge in [0.1, 0.15) is 5.75 Å². The number of phenols is 1. The molecule has 0 fully saturated rings. The largest absolute Gasteiger partial charge is 0.506 e. The van der Waals surface area contributed by atoms with Gasteiger partial charge in [0.05, 0.1) is 22.5 Å². The van der Waals surface area contributed by atoms with Crippen molar-refractivity contribution in [1.29, 1.82) is 0 Å². The fourth-order valence-corrected chi connectivity index (χ4v) is 3.56. The molecule has 0 spiro atoms. The highest BCUT2D eigenvalue weighted by Crippen LogP contribution is 2.36. The molecule has 0 atom stereocenters. The van der Waals surface area contributed by atoms with Crippen LogP contribution in [0, 0.1) is 13.8 Å². The van der Waals surface area contributed by atoms with Crippen molar-refractivity contribution in [1.82, 2.24) is 4.57 Å². The van der Waals surface area contributed by atoms with Crippen LogP contribution in [0.2, 0.25) is 0 Å². The molecule has 3 rings (SSSR count). The summed E-state index contributed by atoms with van der Waals surface area (Å²) in [5.41, 5.74) is 1.26. The maximum absolute atomic E-state index is 13.5. The molecule has 0 unspecified atom stereocenters. The van der Waals surface area contributed by atoms with Crippen LogP contribution in [0.1, 0.15) is 53.6 Å². The Bertz CT molecular complexity index is 1140. The molecule has 1 aromatic heterocycles. The molecule has 0 saturated heterocycles. The highest BCUT2D eigenvalue weighted by Gasteiger charge is 2.34. The number of anilines is 1. The number of benzene rings is 2. The number of carbonyl (C=O) groups is 1. The highest BCUT2D eigenvalue weighted by atomic mass is 19.4. The zero-order valence-electron chi connectivity index (χ0n) is 18.1. The molecular weight excluding hydrogens is 405 g/mol. The Labute approximate surface area is 179 Å². The van der Waals surface area contributed by atoms with Crippen LogP contribution in [0.15, 0.2) is 48.5 Å². The summed E-state index contributed by atoms with van der Waals surface area (Å²) in [6.45, 7) is 9.28. The zero-order chi connectivity index (χ0) is 23.1. The standard InChI is InChI=1S/C24H25F3N2O2/c1-14-12-17(15(2)29(14)20-9-7-6-8-18(20)24(25,26)27)22(31)28-19-13-16(23(3,4)5)10-11-21(19)30/h6-13,30H,1-5H3,(H,28,31). The number of hydrogen-bond acceptors (Lipinski definition) is 2. The van der Waals surface area contributed by atoms with E-state index in [2.05, 4.69) is 5.32 Å². The van der Waals surface area contributed by atoms with E-state index in [0.29, 0.717) is 11.4 Å². The first-order valence-corrected chi connectivity index (χ1v) is 9.81. The molecule has 0 aliphatic heterocycles. The van der Waals surface area contributed by atoms with Crippen LogP contribution in [0.4, 0.5) is 18.9 Å². The van der Waals surface area contributed by atoms with E-state index in [1.807, 2.05) is 20.8 Å². The normalized spacial score (nSPS) is 12.1. The summed E-state index contributed by atoms with van der Waals surface area (Å²) >= 11 is 0. The summed E-state index contributed by atoms with van der Waals surface area (Å²) in [5, 5.41) is 12.9. The average molecular weight is 430 g/mol. The van der Waals surface area contributed by atoms with E-state index in [0.717, 1.165) is 11.6 Å². The van der Waals surface area contributed by atoms with E-state index in [1.54, 1.807) is 32.0 Å². The van der Waals surface area contributed by atoms with E-state index < -0.39 is 17.6 Å². The molecule has 1 amide bonds. The van der Waals surface area contributed by atoms with Crippen molar-refractivity contribution in [3.05, 3.63) is 76.6 Å². The molecule has 0 aliphatic rings. The van der Waals surface area contributed by atoms with Crippen LogP contribution >= 0.6 is 0 Å². The number of alkyl halides is 3. The Morgan fingerprint density at radius 1 is 1.00 bits per heavy atom. The minimum Gasteiger partial charge on any atom is -0.506 e. The molecule has 3 aromatic rings. The van der Waals surface area contributed by atoms with Gasteiger partial charge in [-0.25, -0.2) is 0 Å². The predicted octanol–water partition coefficient (Wildman–Crippen LogP) is 6.37. The molecule has 31 heavy (non-hydrogen) atoms. The molecule has 1 heterocycles. The van der Waals surface area contributed by atoms with Crippen molar-refractivity contribution < 1.29 is 23.1 Å². The number of aryl methyl sites for hydroxylation is 1. The number of carbonyl (C=O) groups excluding carboxylic acids is 1. The molecule has 0 bridgehead atoms. The molecule has 2 aromatic carbocycles. The first kappa shape index (κ1) is 22.5. The van der Waals surface area contributed by atoms with Crippen LogP contribution in [0.3, 0.4) is 0 Å². The lowest BCUT2D eigenvalue weighted by Gasteiger charge is -2.20. The van der Waals surface area contributed by atoms with Crippen LogP contribution in [0.25, 0.3) is 5.69 Å². The van der Waals surface area contributed by atoms with Gasteiger partial charge >= 0.3 is 6.18 Å². The van der Waals surface area contributed by atoms with Gasteiger partial charge in [-0.05, 0) is 55.2 Å². The Morgan fingerprint density at radius 2 is 1.65 bits per heavy atom. The first-order chi connectivity index (χ1) is 14.3. The van der Waals surface area contributed by atoms with Gasteiger partial charge in [-0.3, -0.25) is 4.79 Å². The fraction of sp³-hybridized carbons (Fsp3) is 0.292. The Morgan fingerprint density at radius 3 is 2.26 bits per heavy atom. The number of hydrogen-bond donors (Lipinski definition) is 2. The smallest absolute Gasteiger partial charge is 0.418 e. The first-order valence-electron chi connectivity index (χ1n) is 9.81. The summed E-state index contributed by atoms with van der Waals surface area (Å²) in [4.78, 5) is 13.0. The van der Waals surface area contributed by atoms with Crippen LogP contribution in [-0.4, -0.2) is 15.6 Å². The van der Waals surface area contributed by atoms with E-state index in [1.165, 1.54) is 28.8 Å². The summed E-state index contributed by atoms with van der Waals surface area (Å²) in [7, 11) is 0. The lowest BCUT2D eigenvalue weighted by molar-refractivity contribution is -0.137. The van der Waals surface area contributed by atoms with Crippen molar-refractivity contribution in [3.63, 3.8) is 0 Å². The Hall–Kier alpha value is -3.22. The topological polar surface area (TPSA) is 54.3 Å². The van der Waals surface area contributed by atoms with E-state index in [9.17, 15) is 23.1 Å². The maximum Gasteiger partial charge on any atom is 0.418 e. The summed E-state index contributed by atoms with van der Waals surface area (Å²) in [6, 6.07) is 11.8. The summed E-state index contributed by atoms with van der Waals surface area (Å²) in [5.74, 6) is -0.595. The van der Waals surface area contributed by atoms with Crippen molar-refractivity contribution in [3.8, 4) is 11.4 Å². The van der Waals surface area contributed by atoms with Crippen LogP contribution in [0.5, 0.6) is 5.75 Å². The molecule has 0 saturated carbocycles. The second kappa shape index (κ2) is 7.80. The number of aromatic nitrogens is 1. The zero-order valence-corrected chi connectivity index (χ0v) is 18.1. The minimum absolute atomic E-state index is 0.0402. The number of phenolic OH excluding ortho intramolecular Hbond substituents is 1. The molecule has 2 N–H and O–H groups in total. The number of halogens is 3. The van der Waals surface area contributed by atoms with Gasteiger partial charge in [0.25, 0.3) is 5.91 Å². The van der Waals surface area contributed by atoms with Gasteiger partial charge in [-0.2, -0.15) is 13.2 Å². The SMILES string of the molecule is Cc1cc(C(=O)Nc2cc(C(C)(C)C)ccc2O)c(C)n1-c1ccccc1C(F)(F)F. The van der Waals surface area contributed by atoms with Crippen molar-refractivity contribution in [2.75, 3.05) is 5.32 Å². The second-order valence-electron chi connectivity index (χ2n) is 8.57. The number of rotatable bonds is 3. The number of para-hydroxylation sites is 1. The number of nitrogens with one attached hydrogen (secondary N) is 1. The van der Waals surface area contributed by atoms with Gasteiger partial charge in [0, 0.05) is 11.4 Å². The highest BCUT2D eigenvalue weighted by molar-refractivity contribution is 6.06. The van der Waals surface area contributed by atoms with Crippen molar-refractivity contribution in [2.45, 2.75) is 46.2 Å². The Kier molecular flexibility index (Phi) is 5.65. The van der Waals surface area contributed by atoms with Gasteiger partial charge in [-0.15, -0.1) is 0 Å². The second-order valence-corrected chi connectivity index (χ2v) is 8.57.